The van der Waals surface area contributed by atoms with Crippen molar-refractivity contribution in [1.29, 1.82) is 0 Å². The van der Waals surface area contributed by atoms with E-state index in [9.17, 15) is 14.4 Å². The van der Waals surface area contributed by atoms with Crippen molar-refractivity contribution in [3.8, 4) is 11.5 Å². The Morgan fingerprint density at radius 1 is 1.07 bits per heavy atom. The second-order valence-corrected chi connectivity index (χ2v) is 10.8. The van der Waals surface area contributed by atoms with Crippen molar-refractivity contribution >= 4 is 45.3 Å². The number of carbonyl (C=O) groups excluding carboxylic acids is 2. The van der Waals surface area contributed by atoms with E-state index < -0.39 is 18.0 Å². The quantitative estimate of drug-likeness (QED) is 0.287. The zero-order valence-electron chi connectivity index (χ0n) is 23.3. The molecule has 0 amide bonds. The number of thiazole rings is 1. The summed E-state index contributed by atoms with van der Waals surface area (Å²) < 4.78 is 24.1. The van der Waals surface area contributed by atoms with E-state index in [2.05, 4.69) is 15.9 Å². The molecule has 0 bridgehead atoms. The largest absolute Gasteiger partial charge is 0.496 e. The molecule has 0 N–H and O–H groups in total. The molecular weight excluding hydrogens is 612 g/mol. The molecule has 0 saturated heterocycles. The van der Waals surface area contributed by atoms with Gasteiger partial charge < -0.3 is 18.9 Å². The van der Waals surface area contributed by atoms with E-state index in [-0.39, 0.29) is 25.4 Å². The molecule has 0 fully saturated rings. The van der Waals surface area contributed by atoms with Gasteiger partial charge in [-0.1, -0.05) is 48.9 Å². The van der Waals surface area contributed by atoms with Gasteiger partial charge in [-0.3, -0.25) is 9.36 Å². The number of esters is 2. The number of nitrogens with zero attached hydrogens (tertiary/aromatic N) is 2. The van der Waals surface area contributed by atoms with Crippen LogP contribution in [0.5, 0.6) is 11.5 Å². The predicted molar refractivity (Wildman–Crippen MR) is 159 cm³/mol. The fourth-order valence-electron chi connectivity index (χ4n) is 4.50. The van der Waals surface area contributed by atoms with Gasteiger partial charge in [-0.15, -0.1) is 0 Å². The van der Waals surface area contributed by atoms with Crippen molar-refractivity contribution in [1.82, 2.24) is 4.57 Å². The Kier molecular flexibility index (Phi) is 10.2. The molecule has 41 heavy (non-hydrogen) atoms. The zero-order valence-corrected chi connectivity index (χ0v) is 25.7. The molecule has 0 unspecified atom stereocenters. The van der Waals surface area contributed by atoms with Crippen LogP contribution in [0.25, 0.3) is 6.08 Å². The smallest absolute Gasteiger partial charge is 0.344 e. The SMILES string of the molecule is CCCC1=C(C(=O)OCC)[C@@H](c2ccc(OC)c(Br)c2)n2c(s/c(=C\c3ccccc3OCC(=O)OCC)c2=O)=N1. The van der Waals surface area contributed by atoms with Gasteiger partial charge in [-0.2, -0.15) is 0 Å². The molecule has 11 heteroatoms. The van der Waals surface area contributed by atoms with Crippen LogP contribution in [-0.4, -0.2) is 43.4 Å². The van der Waals surface area contributed by atoms with Crippen LogP contribution in [-0.2, 0) is 19.1 Å². The van der Waals surface area contributed by atoms with Crippen LogP contribution in [0.3, 0.4) is 0 Å². The molecule has 4 rings (SSSR count). The number of benzene rings is 2. The average Bonchev–Trinajstić information content (AvgIpc) is 3.26. The number of hydrogen-bond donors (Lipinski definition) is 0. The van der Waals surface area contributed by atoms with E-state index >= 15 is 0 Å². The molecule has 0 radical (unpaired) electrons. The van der Waals surface area contributed by atoms with Gasteiger partial charge >= 0.3 is 11.9 Å². The van der Waals surface area contributed by atoms with E-state index in [1.165, 1.54) is 15.9 Å². The van der Waals surface area contributed by atoms with Crippen molar-refractivity contribution in [3.63, 3.8) is 0 Å². The average molecular weight is 644 g/mol. The van der Waals surface area contributed by atoms with Crippen molar-refractivity contribution < 1.29 is 28.5 Å². The lowest BCUT2D eigenvalue weighted by Crippen LogP contribution is -2.40. The fourth-order valence-corrected chi connectivity index (χ4v) is 6.07. The van der Waals surface area contributed by atoms with Gasteiger partial charge in [-0.05, 0) is 66.0 Å². The van der Waals surface area contributed by atoms with Crippen molar-refractivity contribution in [2.24, 2.45) is 4.99 Å². The van der Waals surface area contributed by atoms with Gasteiger partial charge in [0, 0.05) is 5.56 Å². The van der Waals surface area contributed by atoms with Crippen LogP contribution in [0.1, 0.15) is 50.8 Å². The minimum absolute atomic E-state index is 0.188. The summed E-state index contributed by atoms with van der Waals surface area (Å²) in [7, 11) is 1.57. The van der Waals surface area contributed by atoms with Crippen molar-refractivity contribution in [2.45, 2.75) is 39.7 Å². The molecule has 1 aliphatic heterocycles. The maximum Gasteiger partial charge on any atom is 0.344 e. The van der Waals surface area contributed by atoms with Crippen molar-refractivity contribution in [3.05, 3.63) is 89.0 Å². The maximum absolute atomic E-state index is 14.0. The summed E-state index contributed by atoms with van der Waals surface area (Å²) in [6.07, 6.45) is 3.00. The predicted octanol–water partition coefficient (Wildman–Crippen LogP) is 4.29. The monoisotopic (exact) mass is 642 g/mol. The zero-order chi connectivity index (χ0) is 29.5. The highest BCUT2D eigenvalue weighted by Gasteiger charge is 2.34. The summed E-state index contributed by atoms with van der Waals surface area (Å²) >= 11 is 4.76. The molecule has 2 heterocycles. The van der Waals surface area contributed by atoms with Crippen LogP contribution in [0.2, 0.25) is 0 Å². The lowest BCUT2D eigenvalue weighted by Gasteiger charge is -2.26. The summed E-state index contributed by atoms with van der Waals surface area (Å²) in [5, 5.41) is 0. The number of aromatic nitrogens is 1. The summed E-state index contributed by atoms with van der Waals surface area (Å²) in [6.45, 7) is 5.66. The van der Waals surface area contributed by atoms with Crippen molar-refractivity contribution in [2.75, 3.05) is 26.9 Å². The minimum Gasteiger partial charge on any atom is -0.496 e. The van der Waals surface area contributed by atoms with Crippen LogP contribution < -0.4 is 24.4 Å². The minimum atomic E-state index is -0.758. The molecule has 9 nitrogen and oxygen atoms in total. The molecule has 0 aliphatic carbocycles. The third-order valence-electron chi connectivity index (χ3n) is 6.24. The third-order valence-corrected chi connectivity index (χ3v) is 7.84. The number of methoxy groups -OCH3 is 1. The summed E-state index contributed by atoms with van der Waals surface area (Å²) in [4.78, 5) is 44.5. The number of hydrogen-bond acceptors (Lipinski definition) is 9. The first-order valence-corrected chi connectivity index (χ1v) is 14.9. The number of fused-ring (bicyclic) bond motifs is 1. The first-order valence-electron chi connectivity index (χ1n) is 13.3. The highest BCUT2D eigenvalue weighted by Crippen LogP contribution is 2.36. The van der Waals surface area contributed by atoms with Gasteiger partial charge in [0.25, 0.3) is 5.56 Å². The van der Waals surface area contributed by atoms with E-state index in [4.69, 9.17) is 23.9 Å². The highest BCUT2D eigenvalue weighted by molar-refractivity contribution is 9.10. The molecule has 1 atom stereocenters. The number of para-hydroxylation sites is 1. The molecule has 1 aromatic heterocycles. The van der Waals surface area contributed by atoms with Gasteiger partial charge in [-0.25, -0.2) is 14.6 Å². The Morgan fingerprint density at radius 2 is 1.83 bits per heavy atom. The number of halogens is 1. The number of rotatable bonds is 11. The van der Waals surface area contributed by atoms with Crippen LogP contribution in [0.15, 0.2) is 68.0 Å². The first-order chi connectivity index (χ1) is 19.8. The van der Waals surface area contributed by atoms with Gasteiger partial charge in [0.1, 0.15) is 11.5 Å². The van der Waals surface area contributed by atoms with E-state index in [0.29, 0.717) is 54.1 Å². The van der Waals surface area contributed by atoms with E-state index in [1.54, 1.807) is 51.3 Å². The Hall–Kier alpha value is -3.70. The Balaban J connectivity index is 1.91. The Morgan fingerprint density at radius 3 is 2.51 bits per heavy atom. The number of allylic oxidation sites excluding steroid dienone is 1. The molecule has 0 spiro atoms. The van der Waals surface area contributed by atoms with Gasteiger partial charge in [0.2, 0.25) is 0 Å². The highest BCUT2D eigenvalue weighted by atomic mass is 79.9. The number of carbonyl (C=O) groups is 2. The number of ether oxygens (including phenoxy) is 4. The van der Waals surface area contributed by atoms with Crippen LogP contribution in [0, 0.1) is 0 Å². The normalized spacial score (nSPS) is 14.8. The molecule has 2 aromatic carbocycles. The third kappa shape index (κ3) is 6.62. The van der Waals surface area contributed by atoms with E-state index in [1.807, 2.05) is 25.1 Å². The fraction of sp³-hybridized carbons (Fsp3) is 0.333. The maximum atomic E-state index is 14.0. The summed E-state index contributed by atoms with van der Waals surface area (Å²) in [6, 6.07) is 11.8. The Labute approximate surface area is 249 Å². The second-order valence-electron chi connectivity index (χ2n) is 8.94. The molecule has 3 aromatic rings. The molecule has 1 aliphatic rings. The summed E-state index contributed by atoms with van der Waals surface area (Å²) in [5.74, 6) is 0.0582. The van der Waals surface area contributed by atoms with Gasteiger partial charge in [0.05, 0.1) is 46.6 Å². The molecular formula is C30H31BrN2O7S. The second kappa shape index (κ2) is 13.8. The molecule has 0 saturated carbocycles. The lowest BCUT2D eigenvalue weighted by molar-refractivity contribution is -0.145. The van der Waals surface area contributed by atoms with Crippen LogP contribution >= 0.6 is 27.3 Å². The summed E-state index contributed by atoms with van der Waals surface area (Å²) in [5.41, 5.74) is 1.93. The van der Waals surface area contributed by atoms with Gasteiger partial charge in [0.15, 0.2) is 11.4 Å². The topological polar surface area (TPSA) is 105 Å². The standard InChI is InChI=1S/C30H31BrN2O7S/c1-5-10-21-26(29(36)39-7-3)27(19-13-14-23(37-4)20(31)15-19)33-28(35)24(41-30(33)32-21)16-18-11-8-9-12-22(18)40-17-25(34)38-6-2/h8-9,11-16,27H,5-7,10,17H2,1-4H3/b24-16-/t27-/m1/s1. The first kappa shape index (κ1) is 30.3. The Bertz CT molecular complexity index is 1660. The lowest BCUT2D eigenvalue weighted by atomic mass is 9.94. The molecule has 216 valence electrons. The van der Waals surface area contributed by atoms with E-state index in [0.717, 1.165) is 6.42 Å². The van der Waals surface area contributed by atoms with Crippen LogP contribution in [0.4, 0.5) is 0 Å².